The van der Waals surface area contributed by atoms with E-state index in [1.54, 1.807) is 0 Å². The van der Waals surface area contributed by atoms with Gasteiger partial charge in [-0.25, -0.2) is 8.42 Å². The van der Waals surface area contributed by atoms with Gasteiger partial charge in [-0.1, -0.05) is 20.3 Å². The van der Waals surface area contributed by atoms with Crippen molar-refractivity contribution < 1.29 is 8.42 Å². The number of nitrogens with zero attached hydrogens (tertiary/aromatic N) is 1. The van der Waals surface area contributed by atoms with Crippen LogP contribution in [0, 0.1) is 5.92 Å². The largest absolute Gasteiger partial charge is 0.314 e. The maximum atomic E-state index is 11.8. The fourth-order valence-electron chi connectivity index (χ4n) is 3.98. The molecule has 0 bridgehead atoms. The molecule has 1 N–H and O–H groups in total. The molecular formula is C16H32N2O2S. The molecule has 1 aliphatic carbocycles. The van der Waals surface area contributed by atoms with Crippen molar-refractivity contribution in [3.8, 4) is 0 Å². The SMILES string of the molecule is CCCNC1CCN(C2CCCC(S(C)(=O)=O)C2)CC1C. The molecule has 2 aliphatic rings. The molecule has 0 aromatic rings. The van der Waals surface area contributed by atoms with Crippen molar-refractivity contribution in [3.05, 3.63) is 0 Å². The van der Waals surface area contributed by atoms with Crippen LogP contribution in [-0.2, 0) is 9.84 Å². The van der Waals surface area contributed by atoms with Crippen LogP contribution in [0.2, 0.25) is 0 Å². The van der Waals surface area contributed by atoms with E-state index >= 15 is 0 Å². The Balaban J connectivity index is 1.89. The summed E-state index contributed by atoms with van der Waals surface area (Å²) < 4.78 is 23.6. The van der Waals surface area contributed by atoms with Gasteiger partial charge in [-0.2, -0.15) is 0 Å². The van der Waals surface area contributed by atoms with E-state index in [4.69, 9.17) is 0 Å². The molecule has 4 atom stereocenters. The average molecular weight is 317 g/mol. The standard InChI is InChI=1S/C16H32N2O2S/c1-4-9-17-16-8-10-18(12-13(16)2)14-6-5-7-15(11-14)21(3,19)20/h13-17H,4-12H2,1-3H3. The Hall–Kier alpha value is -0.130. The van der Waals surface area contributed by atoms with Gasteiger partial charge in [0.1, 0.15) is 9.84 Å². The highest BCUT2D eigenvalue weighted by molar-refractivity contribution is 7.91. The Morgan fingerprint density at radius 1 is 1.24 bits per heavy atom. The third kappa shape index (κ3) is 4.67. The molecule has 0 radical (unpaired) electrons. The van der Waals surface area contributed by atoms with E-state index in [0.29, 0.717) is 18.0 Å². The summed E-state index contributed by atoms with van der Waals surface area (Å²) in [4.78, 5) is 2.56. The smallest absolute Gasteiger partial charge is 0.150 e. The Labute approximate surface area is 130 Å². The number of likely N-dealkylation sites (tertiary alicyclic amines) is 1. The lowest BCUT2D eigenvalue weighted by atomic mass is 9.88. The highest BCUT2D eigenvalue weighted by Crippen LogP contribution is 2.30. The summed E-state index contributed by atoms with van der Waals surface area (Å²) in [6.07, 6.45) is 7.73. The van der Waals surface area contributed by atoms with Gasteiger partial charge >= 0.3 is 0 Å². The summed E-state index contributed by atoms with van der Waals surface area (Å²) in [5.41, 5.74) is 0. The Kier molecular flexibility index (Phi) is 6.09. The lowest BCUT2D eigenvalue weighted by molar-refractivity contribution is 0.0845. The molecule has 1 saturated carbocycles. The molecule has 21 heavy (non-hydrogen) atoms. The lowest BCUT2D eigenvalue weighted by Crippen LogP contribution is -2.53. The van der Waals surface area contributed by atoms with E-state index in [9.17, 15) is 8.42 Å². The molecule has 4 nitrogen and oxygen atoms in total. The van der Waals surface area contributed by atoms with Gasteiger partial charge in [0.15, 0.2) is 0 Å². The van der Waals surface area contributed by atoms with Crippen molar-refractivity contribution >= 4 is 9.84 Å². The zero-order chi connectivity index (χ0) is 15.5. The summed E-state index contributed by atoms with van der Waals surface area (Å²) in [7, 11) is -2.87. The third-order valence-electron chi connectivity index (χ3n) is 5.31. The van der Waals surface area contributed by atoms with Gasteiger partial charge in [0.2, 0.25) is 0 Å². The first-order chi connectivity index (χ1) is 9.91. The van der Waals surface area contributed by atoms with Crippen molar-refractivity contribution in [2.45, 2.75) is 69.7 Å². The van der Waals surface area contributed by atoms with Crippen LogP contribution in [0.5, 0.6) is 0 Å². The van der Waals surface area contributed by atoms with E-state index in [-0.39, 0.29) is 5.25 Å². The van der Waals surface area contributed by atoms with Gasteiger partial charge in [-0.05, 0) is 51.1 Å². The second-order valence-electron chi connectivity index (χ2n) is 7.09. The van der Waals surface area contributed by atoms with Gasteiger partial charge in [0.05, 0.1) is 5.25 Å². The minimum atomic E-state index is -2.87. The average Bonchev–Trinajstić information content (AvgIpc) is 2.45. The van der Waals surface area contributed by atoms with Crippen molar-refractivity contribution in [1.82, 2.24) is 10.2 Å². The summed E-state index contributed by atoms with van der Waals surface area (Å²) in [6, 6.07) is 1.11. The first kappa shape index (κ1) is 17.2. The van der Waals surface area contributed by atoms with Crippen molar-refractivity contribution in [2.24, 2.45) is 5.92 Å². The van der Waals surface area contributed by atoms with Gasteiger partial charge in [-0.3, -0.25) is 4.90 Å². The number of piperidine rings is 1. The number of nitrogens with one attached hydrogen (secondary N) is 1. The van der Waals surface area contributed by atoms with Crippen LogP contribution in [0.15, 0.2) is 0 Å². The molecule has 0 aromatic heterocycles. The molecule has 1 heterocycles. The predicted octanol–water partition coefficient (Wildman–Crippen LogP) is 2.05. The first-order valence-electron chi connectivity index (χ1n) is 8.58. The highest BCUT2D eigenvalue weighted by Gasteiger charge is 2.35. The van der Waals surface area contributed by atoms with Crippen LogP contribution in [-0.4, -0.2) is 56.5 Å². The predicted molar refractivity (Wildman–Crippen MR) is 88.3 cm³/mol. The molecule has 0 amide bonds. The normalized spacial score (nSPS) is 35.8. The molecule has 0 aromatic carbocycles. The van der Waals surface area contributed by atoms with Gasteiger partial charge in [0.25, 0.3) is 0 Å². The number of rotatable bonds is 5. The van der Waals surface area contributed by atoms with Crippen LogP contribution >= 0.6 is 0 Å². The quantitative estimate of drug-likeness (QED) is 0.843. The molecule has 0 spiro atoms. The molecule has 2 rings (SSSR count). The highest BCUT2D eigenvalue weighted by atomic mass is 32.2. The maximum Gasteiger partial charge on any atom is 0.150 e. The van der Waals surface area contributed by atoms with Crippen molar-refractivity contribution in [1.29, 1.82) is 0 Å². The minimum Gasteiger partial charge on any atom is -0.314 e. The zero-order valence-corrected chi connectivity index (χ0v) is 14.7. The molecule has 4 unspecified atom stereocenters. The third-order valence-corrected chi connectivity index (χ3v) is 6.95. The number of hydrogen-bond donors (Lipinski definition) is 1. The van der Waals surface area contributed by atoms with Gasteiger partial charge < -0.3 is 5.32 Å². The monoisotopic (exact) mass is 316 g/mol. The fraction of sp³-hybridized carbons (Fsp3) is 1.00. The summed E-state index contributed by atoms with van der Waals surface area (Å²) in [5, 5.41) is 3.55. The summed E-state index contributed by atoms with van der Waals surface area (Å²) >= 11 is 0. The van der Waals surface area contributed by atoms with E-state index in [1.165, 1.54) is 25.5 Å². The Bertz CT molecular complexity index is 424. The van der Waals surface area contributed by atoms with Crippen molar-refractivity contribution in [3.63, 3.8) is 0 Å². The topological polar surface area (TPSA) is 49.4 Å². The second-order valence-corrected chi connectivity index (χ2v) is 9.42. The zero-order valence-electron chi connectivity index (χ0n) is 13.8. The molecule has 1 saturated heterocycles. The van der Waals surface area contributed by atoms with Crippen molar-refractivity contribution in [2.75, 3.05) is 25.9 Å². The van der Waals surface area contributed by atoms with Crippen LogP contribution in [0.1, 0.15) is 52.4 Å². The van der Waals surface area contributed by atoms with Crippen LogP contribution in [0.3, 0.4) is 0 Å². The van der Waals surface area contributed by atoms with Gasteiger partial charge in [0, 0.05) is 24.9 Å². The van der Waals surface area contributed by atoms with E-state index in [0.717, 1.165) is 38.9 Å². The molecule has 5 heteroatoms. The number of sulfone groups is 1. The van der Waals surface area contributed by atoms with Gasteiger partial charge in [-0.15, -0.1) is 0 Å². The fourth-order valence-corrected chi connectivity index (χ4v) is 5.15. The number of hydrogen-bond acceptors (Lipinski definition) is 4. The minimum absolute atomic E-state index is 0.109. The summed E-state index contributed by atoms with van der Waals surface area (Å²) in [6.45, 7) is 7.88. The van der Waals surface area contributed by atoms with Crippen LogP contribution in [0.4, 0.5) is 0 Å². The molecule has 124 valence electrons. The molecule has 2 fully saturated rings. The van der Waals surface area contributed by atoms with E-state index in [1.807, 2.05) is 0 Å². The maximum absolute atomic E-state index is 11.8. The molecular weight excluding hydrogens is 284 g/mol. The lowest BCUT2D eigenvalue weighted by Gasteiger charge is -2.44. The Morgan fingerprint density at radius 2 is 2.00 bits per heavy atom. The second kappa shape index (κ2) is 7.42. The van der Waals surface area contributed by atoms with Crippen LogP contribution in [0.25, 0.3) is 0 Å². The first-order valence-corrected chi connectivity index (χ1v) is 10.5. The Morgan fingerprint density at radius 3 is 2.62 bits per heavy atom. The van der Waals surface area contributed by atoms with Crippen LogP contribution < -0.4 is 5.32 Å². The van der Waals surface area contributed by atoms with E-state index in [2.05, 4.69) is 24.1 Å². The van der Waals surface area contributed by atoms with E-state index < -0.39 is 9.84 Å². The molecule has 1 aliphatic heterocycles. The summed E-state index contributed by atoms with van der Waals surface area (Å²) in [5.74, 6) is 0.656.